The standard InChI is InChI=1S/C22H14F3N/c23-22(24,25)18-10-11-20-19(12-13-26-21(20)14-18)17-8-6-16(7-9-17)15-4-2-1-3-5-15/h1-14H. The third kappa shape index (κ3) is 3.06. The van der Waals surface area contributed by atoms with Crippen LogP contribution >= 0.6 is 0 Å². The number of pyridine rings is 1. The van der Waals surface area contributed by atoms with Gasteiger partial charge in [-0.05, 0) is 40.5 Å². The lowest BCUT2D eigenvalue weighted by Crippen LogP contribution is -2.04. The first-order valence-corrected chi connectivity index (χ1v) is 8.14. The molecule has 0 saturated heterocycles. The molecule has 1 nitrogen and oxygen atoms in total. The Kier molecular flexibility index (Phi) is 3.96. The van der Waals surface area contributed by atoms with Crippen LogP contribution in [0.5, 0.6) is 0 Å². The van der Waals surface area contributed by atoms with E-state index in [1.165, 1.54) is 6.07 Å². The van der Waals surface area contributed by atoms with Crippen molar-refractivity contribution in [1.82, 2.24) is 4.98 Å². The van der Waals surface area contributed by atoms with Crippen LogP contribution in [0, 0.1) is 0 Å². The summed E-state index contributed by atoms with van der Waals surface area (Å²) in [4.78, 5) is 4.11. The molecule has 1 heterocycles. The van der Waals surface area contributed by atoms with Gasteiger partial charge in [-0.25, -0.2) is 0 Å². The highest BCUT2D eigenvalue weighted by Crippen LogP contribution is 2.34. The number of rotatable bonds is 2. The molecule has 0 radical (unpaired) electrons. The lowest BCUT2D eigenvalue weighted by molar-refractivity contribution is -0.137. The number of nitrogens with zero attached hydrogens (tertiary/aromatic N) is 1. The van der Waals surface area contributed by atoms with Crippen LogP contribution in [0.3, 0.4) is 0 Å². The van der Waals surface area contributed by atoms with Crippen LogP contribution in [0.2, 0.25) is 0 Å². The number of fused-ring (bicyclic) bond motifs is 1. The van der Waals surface area contributed by atoms with Gasteiger partial charge in [-0.15, -0.1) is 0 Å². The summed E-state index contributed by atoms with van der Waals surface area (Å²) in [6.45, 7) is 0. The van der Waals surface area contributed by atoms with Gasteiger partial charge >= 0.3 is 6.18 Å². The summed E-state index contributed by atoms with van der Waals surface area (Å²) >= 11 is 0. The second-order valence-electron chi connectivity index (χ2n) is 6.03. The van der Waals surface area contributed by atoms with E-state index in [4.69, 9.17) is 0 Å². The fraction of sp³-hybridized carbons (Fsp3) is 0.0455. The Bertz CT molecular complexity index is 1050. The molecule has 0 aliphatic rings. The molecule has 0 aliphatic carbocycles. The van der Waals surface area contributed by atoms with Crippen LogP contribution in [-0.2, 0) is 6.18 Å². The van der Waals surface area contributed by atoms with Crippen molar-refractivity contribution in [2.24, 2.45) is 0 Å². The molecule has 4 aromatic rings. The Labute approximate surface area is 148 Å². The molecule has 1 aromatic heterocycles. The lowest BCUT2D eigenvalue weighted by Gasteiger charge is -2.11. The van der Waals surface area contributed by atoms with E-state index in [2.05, 4.69) is 4.98 Å². The van der Waals surface area contributed by atoms with Gasteiger partial charge in [-0.3, -0.25) is 4.98 Å². The van der Waals surface area contributed by atoms with Crippen LogP contribution in [0.15, 0.2) is 85.1 Å². The number of aromatic nitrogens is 1. The minimum Gasteiger partial charge on any atom is -0.256 e. The normalized spacial score (nSPS) is 11.7. The van der Waals surface area contributed by atoms with Gasteiger partial charge in [-0.2, -0.15) is 13.2 Å². The fourth-order valence-corrected chi connectivity index (χ4v) is 3.05. The predicted molar refractivity (Wildman–Crippen MR) is 97.6 cm³/mol. The maximum Gasteiger partial charge on any atom is 0.416 e. The molecule has 0 aliphatic heterocycles. The van der Waals surface area contributed by atoms with Crippen molar-refractivity contribution >= 4 is 10.9 Å². The third-order valence-corrected chi connectivity index (χ3v) is 4.37. The quantitative estimate of drug-likeness (QED) is 0.398. The minimum absolute atomic E-state index is 0.337. The molecular formula is C22H14F3N. The molecule has 26 heavy (non-hydrogen) atoms. The van der Waals surface area contributed by atoms with Crippen molar-refractivity contribution in [3.05, 3.63) is 90.6 Å². The molecule has 0 fully saturated rings. The Morgan fingerprint density at radius 2 is 1.31 bits per heavy atom. The molecule has 0 atom stereocenters. The van der Waals surface area contributed by atoms with E-state index in [-0.39, 0.29) is 0 Å². The van der Waals surface area contributed by atoms with Gasteiger partial charge in [0.1, 0.15) is 0 Å². The second-order valence-corrected chi connectivity index (χ2v) is 6.03. The number of hydrogen-bond donors (Lipinski definition) is 0. The number of alkyl halides is 3. The molecule has 128 valence electrons. The zero-order chi connectivity index (χ0) is 18.1. The smallest absolute Gasteiger partial charge is 0.256 e. The largest absolute Gasteiger partial charge is 0.416 e. The second kappa shape index (κ2) is 6.30. The Balaban J connectivity index is 1.77. The summed E-state index contributed by atoms with van der Waals surface area (Å²) in [6.07, 6.45) is -2.83. The summed E-state index contributed by atoms with van der Waals surface area (Å²) < 4.78 is 38.8. The molecular weight excluding hydrogens is 335 g/mol. The number of halogens is 3. The lowest BCUT2D eigenvalue weighted by atomic mass is 9.97. The average molecular weight is 349 g/mol. The third-order valence-electron chi connectivity index (χ3n) is 4.37. The topological polar surface area (TPSA) is 12.9 Å². The van der Waals surface area contributed by atoms with Crippen molar-refractivity contribution in [2.75, 3.05) is 0 Å². The van der Waals surface area contributed by atoms with Gasteiger partial charge in [-0.1, -0.05) is 60.7 Å². The van der Waals surface area contributed by atoms with E-state index in [9.17, 15) is 13.2 Å². The molecule has 0 unspecified atom stereocenters. The fourth-order valence-electron chi connectivity index (χ4n) is 3.05. The van der Waals surface area contributed by atoms with Crippen LogP contribution < -0.4 is 0 Å². The van der Waals surface area contributed by atoms with Crippen molar-refractivity contribution < 1.29 is 13.2 Å². The number of hydrogen-bond acceptors (Lipinski definition) is 1. The molecule has 4 heteroatoms. The SMILES string of the molecule is FC(F)(F)c1ccc2c(-c3ccc(-c4ccccc4)cc3)ccnc2c1. The van der Waals surface area contributed by atoms with E-state index in [1.54, 1.807) is 6.20 Å². The summed E-state index contributed by atoms with van der Waals surface area (Å²) in [7, 11) is 0. The van der Waals surface area contributed by atoms with Gasteiger partial charge in [0, 0.05) is 11.6 Å². The van der Waals surface area contributed by atoms with Gasteiger partial charge in [0.2, 0.25) is 0 Å². The Morgan fingerprint density at radius 3 is 2.00 bits per heavy atom. The summed E-state index contributed by atoms with van der Waals surface area (Å²) in [5.41, 5.74) is 3.67. The van der Waals surface area contributed by atoms with E-state index in [0.717, 1.165) is 34.4 Å². The van der Waals surface area contributed by atoms with E-state index >= 15 is 0 Å². The van der Waals surface area contributed by atoms with Crippen molar-refractivity contribution in [2.45, 2.75) is 6.18 Å². The Morgan fingerprint density at radius 1 is 0.654 bits per heavy atom. The summed E-state index contributed by atoms with van der Waals surface area (Å²) in [5, 5.41) is 0.702. The van der Waals surface area contributed by atoms with Crippen LogP contribution in [-0.4, -0.2) is 4.98 Å². The van der Waals surface area contributed by atoms with E-state index in [1.807, 2.05) is 60.7 Å². The van der Waals surface area contributed by atoms with E-state index < -0.39 is 11.7 Å². The predicted octanol–water partition coefficient (Wildman–Crippen LogP) is 6.59. The molecule has 0 bridgehead atoms. The van der Waals surface area contributed by atoms with Crippen LogP contribution in [0.4, 0.5) is 13.2 Å². The highest BCUT2D eigenvalue weighted by atomic mass is 19.4. The van der Waals surface area contributed by atoms with Gasteiger partial charge in [0.15, 0.2) is 0 Å². The maximum atomic E-state index is 12.9. The van der Waals surface area contributed by atoms with Crippen molar-refractivity contribution in [3.63, 3.8) is 0 Å². The highest BCUT2D eigenvalue weighted by Gasteiger charge is 2.30. The molecule has 3 aromatic carbocycles. The maximum absolute atomic E-state index is 12.9. The van der Waals surface area contributed by atoms with Crippen LogP contribution in [0.25, 0.3) is 33.2 Å². The van der Waals surface area contributed by atoms with E-state index in [0.29, 0.717) is 10.9 Å². The molecule has 0 N–H and O–H groups in total. The molecule has 0 amide bonds. The first-order valence-electron chi connectivity index (χ1n) is 8.14. The zero-order valence-electron chi connectivity index (χ0n) is 13.7. The monoisotopic (exact) mass is 349 g/mol. The van der Waals surface area contributed by atoms with Crippen molar-refractivity contribution in [3.8, 4) is 22.3 Å². The van der Waals surface area contributed by atoms with Crippen LogP contribution in [0.1, 0.15) is 5.56 Å². The molecule has 4 rings (SSSR count). The molecule has 0 saturated carbocycles. The minimum atomic E-state index is -4.37. The van der Waals surface area contributed by atoms with Gasteiger partial charge in [0.05, 0.1) is 11.1 Å². The zero-order valence-corrected chi connectivity index (χ0v) is 13.7. The average Bonchev–Trinajstić information content (AvgIpc) is 2.67. The molecule has 0 spiro atoms. The van der Waals surface area contributed by atoms with Gasteiger partial charge in [0.25, 0.3) is 0 Å². The Hall–Kier alpha value is -3.14. The summed E-state index contributed by atoms with van der Waals surface area (Å²) in [5.74, 6) is 0. The van der Waals surface area contributed by atoms with Gasteiger partial charge < -0.3 is 0 Å². The highest BCUT2D eigenvalue weighted by molar-refractivity contribution is 5.94. The van der Waals surface area contributed by atoms with Crippen molar-refractivity contribution in [1.29, 1.82) is 0 Å². The first kappa shape index (κ1) is 16.3. The number of benzene rings is 3. The summed E-state index contributed by atoms with van der Waals surface area (Å²) in [6, 6.07) is 23.5. The first-order chi connectivity index (χ1) is 12.5.